The number of rotatable bonds is 2. The number of thiol groups is 2. The van der Waals surface area contributed by atoms with Crippen molar-refractivity contribution in [1.29, 1.82) is 0 Å². The van der Waals surface area contributed by atoms with Crippen LogP contribution in [-0.2, 0) is 6.54 Å². The first-order valence-corrected chi connectivity index (χ1v) is 3.57. The second-order valence-corrected chi connectivity index (χ2v) is 2.48. The van der Waals surface area contributed by atoms with E-state index in [1.54, 1.807) is 10.8 Å². The molecule has 0 amide bonds. The fraction of sp³-hybridized carbons (Fsp3) is 0.200. The number of hydrogen-bond donors (Lipinski definition) is 2. The standard InChI is InChI=1S/C5H7N3S2.2K.2H/c1-2-3-8-5(10)6-4(9)7-8;;;;/h2H,1,3H2,(H2,6,7,9,10);;;;. The van der Waals surface area contributed by atoms with Gasteiger partial charge in [-0.15, -0.1) is 36.9 Å². The van der Waals surface area contributed by atoms with Crippen LogP contribution < -0.4 is 0 Å². The first-order valence-electron chi connectivity index (χ1n) is 2.67. The predicted octanol–water partition coefficient (Wildman–Crippen LogP) is -0.256. The summed E-state index contributed by atoms with van der Waals surface area (Å²) in [7, 11) is 0. The van der Waals surface area contributed by atoms with Crippen LogP contribution in [0, 0.1) is 0 Å². The molecule has 0 aromatic carbocycles. The van der Waals surface area contributed by atoms with Crippen molar-refractivity contribution in [1.82, 2.24) is 14.8 Å². The zero-order valence-corrected chi connectivity index (χ0v) is 7.02. The van der Waals surface area contributed by atoms with Crippen molar-refractivity contribution in [3.63, 3.8) is 0 Å². The Morgan fingerprint density at radius 3 is 2.33 bits per heavy atom. The molecule has 0 spiro atoms. The van der Waals surface area contributed by atoms with E-state index in [1.165, 1.54) is 0 Å². The quantitative estimate of drug-likeness (QED) is 0.432. The number of hydrogen-bond acceptors (Lipinski definition) is 4. The van der Waals surface area contributed by atoms with Gasteiger partial charge in [0.25, 0.3) is 0 Å². The summed E-state index contributed by atoms with van der Waals surface area (Å²) < 4.78 is 1.61. The zero-order chi connectivity index (χ0) is 7.56. The molecule has 1 aromatic rings. The molecule has 0 aliphatic heterocycles. The van der Waals surface area contributed by atoms with E-state index in [0.717, 1.165) is 0 Å². The van der Waals surface area contributed by atoms with Crippen LogP contribution in [-0.4, -0.2) is 118 Å². The van der Waals surface area contributed by atoms with Crippen LogP contribution in [0.3, 0.4) is 0 Å². The third-order valence-electron chi connectivity index (χ3n) is 0.943. The molecule has 0 unspecified atom stereocenters. The van der Waals surface area contributed by atoms with Crippen LogP contribution in [0.15, 0.2) is 23.0 Å². The van der Waals surface area contributed by atoms with Crippen LogP contribution in [0.1, 0.15) is 0 Å². The molecule has 0 atom stereocenters. The van der Waals surface area contributed by atoms with E-state index in [2.05, 4.69) is 41.9 Å². The van der Waals surface area contributed by atoms with Crippen LogP contribution in [0.4, 0.5) is 0 Å². The summed E-state index contributed by atoms with van der Waals surface area (Å²) in [5.74, 6) is 0. The topological polar surface area (TPSA) is 30.7 Å². The third-order valence-corrected chi connectivity index (χ3v) is 1.46. The van der Waals surface area contributed by atoms with Gasteiger partial charge in [0.05, 0.1) is 6.54 Å². The molecular formula is C5H9K2N3S2. The molecule has 0 saturated heterocycles. The van der Waals surface area contributed by atoms with Crippen LogP contribution in [0.25, 0.3) is 0 Å². The van der Waals surface area contributed by atoms with Crippen LogP contribution in [0.2, 0.25) is 0 Å². The zero-order valence-electron chi connectivity index (χ0n) is 5.23. The van der Waals surface area contributed by atoms with Crippen molar-refractivity contribution in [3.05, 3.63) is 12.7 Å². The SMILES string of the molecule is C=CCn1nc(S)nc1S.[KH].[KH]. The molecule has 0 saturated carbocycles. The molecule has 1 rings (SSSR count). The third kappa shape index (κ3) is 5.67. The van der Waals surface area contributed by atoms with Gasteiger partial charge in [0.2, 0.25) is 5.16 Å². The van der Waals surface area contributed by atoms with E-state index >= 15 is 0 Å². The molecule has 0 fully saturated rings. The molecule has 0 bridgehead atoms. The molecule has 1 aromatic heterocycles. The van der Waals surface area contributed by atoms with Gasteiger partial charge in [-0.2, -0.15) is 4.98 Å². The van der Waals surface area contributed by atoms with Crippen LogP contribution in [0.5, 0.6) is 0 Å². The Morgan fingerprint density at radius 1 is 1.42 bits per heavy atom. The van der Waals surface area contributed by atoms with Crippen molar-refractivity contribution < 1.29 is 0 Å². The summed E-state index contributed by atoms with van der Waals surface area (Å²) >= 11 is 7.99. The second kappa shape index (κ2) is 9.11. The molecule has 0 aliphatic carbocycles. The van der Waals surface area contributed by atoms with Gasteiger partial charge in [-0.1, -0.05) is 6.08 Å². The molecule has 12 heavy (non-hydrogen) atoms. The summed E-state index contributed by atoms with van der Waals surface area (Å²) in [6, 6.07) is 0. The van der Waals surface area contributed by atoms with Gasteiger partial charge in [-0.05, 0) is 0 Å². The van der Waals surface area contributed by atoms with Gasteiger partial charge in [0, 0.05) is 0 Å². The molecule has 3 nitrogen and oxygen atoms in total. The molecule has 0 aliphatic rings. The molecule has 0 N–H and O–H groups in total. The van der Waals surface area contributed by atoms with E-state index in [0.29, 0.717) is 16.9 Å². The molecule has 58 valence electrons. The Kier molecular flexibility index (Phi) is 13.1. The van der Waals surface area contributed by atoms with Crippen molar-refractivity contribution in [3.8, 4) is 0 Å². The maximum absolute atomic E-state index is 4.05. The molecule has 7 heteroatoms. The summed E-state index contributed by atoms with van der Waals surface area (Å²) in [4.78, 5) is 3.86. The van der Waals surface area contributed by atoms with Crippen LogP contribution >= 0.6 is 25.3 Å². The Hall–Kier alpha value is 2.85. The van der Waals surface area contributed by atoms with E-state index in [-0.39, 0.29) is 103 Å². The minimum absolute atomic E-state index is 0. The van der Waals surface area contributed by atoms with Crippen molar-refractivity contribution in [2.24, 2.45) is 0 Å². The molecular weight excluding hydrogens is 244 g/mol. The fourth-order valence-corrected chi connectivity index (χ4v) is 1.07. The van der Waals surface area contributed by atoms with Gasteiger partial charge < -0.3 is 0 Å². The second-order valence-electron chi connectivity index (χ2n) is 1.68. The van der Waals surface area contributed by atoms with Crippen molar-refractivity contribution in [2.45, 2.75) is 16.9 Å². The number of nitrogens with zero attached hydrogens (tertiary/aromatic N) is 3. The van der Waals surface area contributed by atoms with E-state index < -0.39 is 0 Å². The summed E-state index contributed by atoms with van der Waals surface area (Å²) in [6.45, 7) is 4.18. The maximum atomic E-state index is 4.05. The fourth-order valence-electron chi connectivity index (χ4n) is 0.567. The van der Waals surface area contributed by atoms with Gasteiger partial charge in [-0.25, -0.2) is 4.68 Å². The Morgan fingerprint density at radius 2 is 2.00 bits per heavy atom. The molecule has 1 heterocycles. The summed E-state index contributed by atoms with van der Waals surface area (Å²) in [5, 5.41) is 4.92. The Bertz CT molecular complexity index is 251. The Labute approximate surface area is 168 Å². The minimum atomic E-state index is 0. The van der Waals surface area contributed by atoms with Gasteiger partial charge >= 0.3 is 103 Å². The van der Waals surface area contributed by atoms with Gasteiger partial charge in [0.1, 0.15) is 0 Å². The molecule has 0 radical (unpaired) electrons. The first-order chi connectivity index (χ1) is 4.74. The summed E-state index contributed by atoms with van der Waals surface area (Å²) in [6.07, 6.45) is 1.72. The normalized spacial score (nSPS) is 8.17. The average molecular weight is 253 g/mol. The van der Waals surface area contributed by atoms with E-state index in [1.807, 2.05) is 0 Å². The van der Waals surface area contributed by atoms with Crippen molar-refractivity contribution in [2.75, 3.05) is 0 Å². The average Bonchev–Trinajstić information content (AvgIpc) is 2.13. The first kappa shape index (κ1) is 17.3. The van der Waals surface area contributed by atoms with Gasteiger partial charge in [-0.3, -0.25) is 0 Å². The predicted molar refractivity (Wildman–Crippen MR) is 59.0 cm³/mol. The summed E-state index contributed by atoms with van der Waals surface area (Å²) in [5.41, 5.74) is 0. The number of allylic oxidation sites excluding steroid dienone is 1. The van der Waals surface area contributed by atoms with Crippen molar-refractivity contribution >= 4 is 128 Å². The van der Waals surface area contributed by atoms with E-state index in [9.17, 15) is 0 Å². The Balaban J connectivity index is 0. The van der Waals surface area contributed by atoms with Gasteiger partial charge in [0.15, 0.2) is 5.16 Å². The number of aromatic nitrogens is 3. The van der Waals surface area contributed by atoms with E-state index in [4.69, 9.17) is 0 Å². The monoisotopic (exact) mass is 253 g/mol.